The molecule has 0 bridgehead atoms. The van der Waals surface area contributed by atoms with Crippen LogP contribution in [0.4, 0.5) is 10.8 Å². The Morgan fingerprint density at radius 3 is 2.81 bits per heavy atom. The first-order valence-electron chi connectivity index (χ1n) is 8.95. The molecule has 134 valence electrons. The lowest BCUT2D eigenvalue weighted by Crippen LogP contribution is -2.40. The maximum atomic E-state index is 12.9. The van der Waals surface area contributed by atoms with Crippen LogP contribution in [0.5, 0.6) is 0 Å². The number of para-hydroxylation sites is 1. The van der Waals surface area contributed by atoms with E-state index in [1.54, 1.807) is 17.5 Å². The van der Waals surface area contributed by atoms with Gasteiger partial charge < -0.3 is 10.2 Å². The number of nitrogens with zero attached hydrogens (tertiary/aromatic N) is 3. The molecule has 0 aliphatic carbocycles. The number of pyridine rings is 1. The highest BCUT2D eigenvalue weighted by atomic mass is 32.1. The van der Waals surface area contributed by atoms with E-state index >= 15 is 0 Å². The molecule has 6 heteroatoms. The molecule has 1 saturated heterocycles. The van der Waals surface area contributed by atoms with Gasteiger partial charge in [0.05, 0.1) is 5.92 Å². The van der Waals surface area contributed by atoms with Gasteiger partial charge in [-0.3, -0.25) is 4.79 Å². The van der Waals surface area contributed by atoms with Crippen LogP contribution in [-0.2, 0) is 4.79 Å². The van der Waals surface area contributed by atoms with Gasteiger partial charge in [-0.25, -0.2) is 9.97 Å². The molecule has 1 aliphatic heterocycles. The van der Waals surface area contributed by atoms with Crippen LogP contribution in [0, 0.1) is 19.8 Å². The maximum Gasteiger partial charge on any atom is 0.229 e. The smallest absolute Gasteiger partial charge is 0.229 e. The summed E-state index contributed by atoms with van der Waals surface area (Å²) in [6.45, 7) is 5.71. The SMILES string of the molecule is Cc1cccc(C)c1NC(=O)[C@@H]1CCCN(c2nc3cccnc3s2)C1. The monoisotopic (exact) mass is 366 g/mol. The van der Waals surface area contributed by atoms with Crippen LogP contribution < -0.4 is 10.2 Å². The molecule has 1 atom stereocenters. The zero-order valence-corrected chi connectivity index (χ0v) is 15.8. The number of hydrogen-bond acceptors (Lipinski definition) is 5. The van der Waals surface area contributed by atoms with Crippen molar-refractivity contribution in [2.24, 2.45) is 5.92 Å². The minimum Gasteiger partial charge on any atom is -0.347 e. The summed E-state index contributed by atoms with van der Waals surface area (Å²) in [7, 11) is 0. The minimum atomic E-state index is -0.0253. The van der Waals surface area contributed by atoms with Crippen LogP contribution in [0.3, 0.4) is 0 Å². The highest BCUT2D eigenvalue weighted by Gasteiger charge is 2.28. The highest BCUT2D eigenvalue weighted by molar-refractivity contribution is 7.21. The number of fused-ring (bicyclic) bond motifs is 1. The van der Waals surface area contributed by atoms with Crippen molar-refractivity contribution < 1.29 is 4.79 Å². The van der Waals surface area contributed by atoms with E-state index in [1.165, 1.54) is 0 Å². The van der Waals surface area contributed by atoms with Crippen molar-refractivity contribution in [1.82, 2.24) is 9.97 Å². The summed E-state index contributed by atoms with van der Waals surface area (Å²) < 4.78 is 0. The number of benzene rings is 1. The number of amides is 1. The summed E-state index contributed by atoms with van der Waals surface area (Å²) in [5.74, 6) is 0.0778. The van der Waals surface area contributed by atoms with Crippen molar-refractivity contribution in [2.45, 2.75) is 26.7 Å². The van der Waals surface area contributed by atoms with Crippen LogP contribution in [0.2, 0.25) is 0 Å². The zero-order valence-electron chi connectivity index (χ0n) is 15.0. The second kappa shape index (κ2) is 7.03. The maximum absolute atomic E-state index is 12.9. The first-order chi connectivity index (χ1) is 12.6. The summed E-state index contributed by atoms with van der Waals surface area (Å²) in [6.07, 6.45) is 3.70. The van der Waals surface area contributed by atoms with Crippen LogP contribution >= 0.6 is 11.3 Å². The molecule has 1 fully saturated rings. The Morgan fingerprint density at radius 1 is 1.23 bits per heavy atom. The van der Waals surface area contributed by atoms with Crippen LogP contribution in [0.1, 0.15) is 24.0 Å². The summed E-state index contributed by atoms with van der Waals surface area (Å²) >= 11 is 1.60. The molecule has 0 unspecified atom stereocenters. The lowest BCUT2D eigenvalue weighted by molar-refractivity contribution is -0.120. The van der Waals surface area contributed by atoms with E-state index in [2.05, 4.69) is 15.2 Å². The molecule has 26 heavy (non-hydrogen) atoms. The number of aromatic nitrogens is 2. The van der Waals surface area contributed by atoms with Gasteiger partial charge in [-0.2, -0.15) is 0 Å². The van der Waals surface area contributed by atoms with E-state index in [0.717, 1.165) is 51.7 Å². The number of carbonyl (C=O) groups excluding carboxylic acids is 1. The van der Waals surface area contributed by atoms with Crippen molar-refractivity contribution in [2.75, 3.05) is 23.3 Å². The van der Waals surface area contributed by atoms with Crippen molar-refractivity contribution in [3.63, 3.8) is 0 Å². The molecular formula is C20H22N4OS. The standard InChI is InChI=1S/C20H22N4OS/c1-13-6-3-7-14(2)17(13)23-18(25)15-8-5-11-24(12-15)20-22-16-9-4-10-21-19(16)26-20/h3-4,6-7,9-10,15H,5,8,11-12H2,1-2H3,(H,23,25)/t15-/m1/s1. The number of rotatable bonds is 3. The van der Waals surface area contributed by atoms with Crippen molar-refractivity contribution in [3.05, 3.63) is 47.7 Å². The Kier molecular flexibility index (Phi) is 4.59. The molecule has 4 rings (SSSR count). The lowest BCUT2D eigenvalue weighted by atomic mass is 9.97. The van der Waals surface area contributed by atoms with E-state index in [0.29, 0.717) is 6.54 Å². The van der Waals surface area contributed by atoms with Crippen LogP contribution in [-0.4, -0.2) is 29.0 Å². The fraction of sp³-hybridized carbons (Fsp3) is 0.350. The van der Waals surface area contributed by atoms with Gasteiger partial charge in [0.15, 0.2) is 5.13 Å². The summed E-state index contributed by atoms with van der Waals surface area (Å²) in [6, 6.07) is 9.97. The van der Waals surface area contributed by atoms with Gasteiger partial charge in [0.25, 0.3) is 0 Å². The Hall–Kier alpha value is -2.47. The zero-order chi connectivity index (χ0) is 18.1. The third kappa shape index (κ3) is 3.29. The molecule has 1 aromatic carbocycles. The van der Waals surface area contributed by atoms with Crippen molar-refractivity contribution >= 4 is 38.4 Å². The number of anilines is 2. The first-order valence-corrected chi connectivity index (χ1v) is 9.77. The Labute approximate surface area is 157 Å². The number of nitrogens with one attached hydrogen (secondary N) is 1. The van der Waals surface area contributed by atoms with E-state index in [1.807, 2.05) is 44.2 Å². The van der Waals surface area contributed by atoms with Crippen molar-refractivity contribution in [3.8, 4) is 0 Å². The topological polar surface area (TPSA) is 58.1 Å². The molecular weight excluding hydrogens is 344 g/mol. The quantitative estimate of drug-likeness (QED) is 0.756. The molecule has 0 saturated carbocycles. The second-order valence-corrected chi connectivity index (χ2v) is 7.82. The third-order valence-corrected chi connectivity index (χ3v) is 5.99. The minimum absolute atomic E-state index is 0.0253. The summed E-state index contributed by atoms with van der Waals surface area (Å²) in [5, 5.41) is 4.11. The fourth-order valence-electron chi connectivity index (χ4n) is 3.50. The molecule has 1 N–H and O–H groups in total. The van der Waals surface area contributed by atoms with Crippen LogP contribution in [0.25, 0.3) is 10.3 Å². The average Bonchev–Trinajstić information content (AvgIpc) is 3.09. The largest absolute Gasteiger partial charge is 0.347 e. The summed E-state index contributed by atoms with van der Waals surface area (Å²) in [4.78, 5) is 25.1. The number of hydrogen-bond donors (Lipinski definition) is 1. The van der Waals surface area contributed by atoms with E-state index in [9.17, 15) is 4.79 Å². The Bertz CT molecular complexity index is 899. The molecule has 1 aliphatic rings. The summed E-state index contributed by atoms with van der Waals surface area (Å²) in [5.41, 5.74) is 4.07. The molecule has 5 nitrogen and oxygen atoms in total. The molecule has 3 aromatic rings. The molecule has 2 aromatic heterocycles. The van der Waals surface area contributed by atoms with E-state index in [4.69, 9.17) is 4.98 Å². The number of aryl methyl sites for hydroxylation is 2. The van der Waals surface area contributed by atoms with E-state index in [-0.39, 0.29) is 11.8 Å². The van der Waals surface area contributed by atoms with Gasteiger partial charge in [0.2, 0.25) is 5.91 Å². The Morgan fingerprint density at radius 2 is 2.04 bits per heavy atom. The normalized spacial score (nSPS) is 17.5. The van der Waals surface area contributed by atoms with Crippen LogP contribution in [0.15, 0.2) is 36.5 Å². The second-order valence-electron chi connectivity index (χ2n) is 6.87. The third-order valence-electron chi connectivity index (χ3n) is 4.95. The number of carbonyl (C=O) groups is 1. The first kappa shape index (κ1) is 17.0. The van der Waals surface area contributed by atoms with Gasteiger partial charge >= 0.3 is 0 Å². The predicted molar refractivity (Wildman–Crippen MR) is 107 cm³/mol. The molecule has 3 heterocycles. The predicted octanol–water partition coefficient (Wildman–Crippen LogP) is 4.16. The lowest BCUT2D eigenvalue weighted by Gasteiger charge is -2.32. The number of thiazole rings is 1. The number of piperidine rings is 1. The van der Waals surface area contributed by atoms with Gasteiger partial charge in [0, 0.05) is 25.0 Å². The van der Waals surface area contributed by atoms with E-state index < -0.39 is 0 Å². The molecule has 0 spiro atoms. The van der Waals surface area contributed by atoms with Gasteiger partial charge in [-0.05, 0) is 49.9 Å². The van der Waals surface area contributed by atoms with Crippen molar-refractivity contribution in [1.29, 1.82) is 0 Å². The molecule has 0 radical (unpaired) electrons. The highest BCUT2D eigenvalue weighted by Crippen LogP contribution is 2.31. The molecule has 1 amide bonds. The van der Waals surface area contributed by atoms with Gasteiger partial charge in [-0.15, -0.1) is 0 Å². The Balaban J connectivity index is 1.50. The van der Waals surface area contributed by atoms with Gasteiger partial charge in [0.1, 0.15) is 10.3 Å². The van der Waals surface area contributed by atoms with Gasteiger partial charge in [-0.1, -0.05) is 29.5 Å². The fourth-order valence-corrected chi connectivity index (χ4v) is 4.44. The average molecular weight is 366 g/mol.